The predicted octanol–water partition coefficient (Wildman–Crippen LogP) is 5.41. The highest BCUT2D eigenvalue weighted by atomic mass is 35.5. The molecule has 0 spiro atoms. The van der Waals surface area contributed by atoms with Gasteiger partial charge in [0.15, 0.2) is 0 Å². The fourth-order valence-electron chi connectivity index (χ4n) is 2.39. The number of benzene rings is 2. The zero-order valence-corrected chi connectivity index (χ0v) is 14.1. The lowest BCUT2D eigenvalue weighted by atomic mass is 9.99. The fraction of sp³-hybridized carbons (Fsp3) is 0.294. The number of hydrogen-bond donors (Lipinski definition) is 1. The minimum absolute atomic E-state index is 0.286. The van der Waals surface area contributed by atoms with Crippen molar-refractivity contribution in [1.29, 1.82) is 0 Å². The van der Waals surface area contributed by atoms with Gasteiger partial charge in [0, 0.05) is 21.1 Å². The van der Waals surface area contributed by atoms with Gasteiger partial charge in [0.05, 0.1) is 0 Å². The van der Waals surface area contributed by atoms with E-state index in [2.05, 4.69) is 18.3 Å². The molecule has 0 heterocycles. The Morgan fingerprint density at radius 1 is 0.905 bits per heavy atom. The summed E-state index contributed by atoms with van der Waals surface area (Å²) in [5.74, 6) is 0. The summed E-state index contributed by atoms with van der Waals surface area (Å²) in [6.45, 7) is 3.00. The van der Waals surface area contributed by atoms with Crippen LogP contribution in [-0.4, -0.2) is 12.6 Å². The highest BCUT2D eigenvalue weighted by molar-refractivity contribution is 6.35. The van der Waals surface area contributed by atoms with E-state index in [-0.39, 0.29) is 6.04 Å². The summed E-state index contributed by atoms with van der Waals surface area (Å²) in [7, 11) is 0. The van der Waals surface area contributed by atoms with Crippen LogP contribution in [0.25, 0.3) is 0 Å². The van der Waals surface area contributed by atoms with Crippen molar-refractivity contribution in [2.75, 3.05) is 6.54 Å². The summed E-state index contributed by atoms with van der Waals surface area (Å²) in [5, 5.41) is 5.68. The molecule has 0 bridgehead atoms. The van der Waals surface area contributed by atoms with E-state index < -0.39 is 0 Å². The quantitative estimate of drug-likeness (QED) is 0.740. The van der Waals surface area contributed by atoms with Gasteiger partial charge in [-0.05, 0) is 48.7 Å². The lowest BCUT2D eigenvalue weighted by molar-refractivity contribution is 0.521. The van der Waals surface area contributed by atoms with Crippen LogP contribution in [0.2, 0.25) is 15.1 Å². The van der Waals surface area contributed by atoms with Gasteiger partial charge in [-0.25, -0.2) is 0 Å². The molecule has 112 valence electrons. The zero-order chi connectivity index (χ0) is 15.2. The van der Waals surface area contributed by atoms with Gasteiger partial charge < -0.3 is 5.32 Å². The van der Waals surface area contributed by atoms with Crippen molar-refractivity contribution in [1.82, 2.24) is 5.32 Å². The zero-order valence-electron chi connectivity index (χ0n) is 11.9. The molecule has 2 aromatic rings. The maximum atomic E-state index is 6.27. The van der Waals surface area contributed by atoms with Crippen molar-refractivity contribution < 1.29 is 0 Å². The second-order valence-electron chi connectivity index (χ2n) is 4.99. The standard InChI is InChI=1S/C17H18Cl3N/c1-2-21-15(9-12-5-3-4-6-16(12)19)10-13-7-8-14(18)11-17(13)20/h3-8,11,15,21H,2,9-10H2,1H3. The summed E-state index contributed by atoms with van der Waals surface area (Å²) in [4.78, 5) is 0. The molecule has 1 N–H and O–H groups in total. The summed E-state index contributed by atoms with van der Waals surface area (Å²) in [5.41, 5.74) is 2.24. The summed E-state index contributed by atoms with van der Waals surface area (Å²) >= 11 is 18.5. The molecule has 1 atom stereocenters. The Morgan fingerprint density at radius 2 is 1.57 bits per heavy atom. The van der Waals surface area contributed by atoms with Crippen LogP contribution in [0.5, 0.6) is 0 Å². The fourth-order valence-corrected chi connectivity index (χ4v) is 3.09. The first-order chi connectivity index (χ1) is 10.1. The number of rotatable bonds is 6. The third-order valence-electron chi connectivity index (χ3n) is 3.40. The van der Waals surface area contributed by atoms with Gasteiger partial charge in [-0.15, -0.1) is 0 Å². The van der Waals surface area contributed by atoms with Crippen LogP contribution < -0.4 is 5.32 Å². The molecule has 0 saturated carbocycles. The summed E-state index contributed by atoms with van der Waals surface area (Å²) in [6.07, 6.45) is 1.71. The van der Waals surface area contributed by atoms with Crippen LogP contribution in [-0.2, 0) is 12.8 Å². The summed E-state index contributed by atoms with van der Waals surface area (Å²) < 4.78 is 0. The Hall–Kier alpha value is -0.730. The minimum Gasteiger partial charge on any atom is -0.314 e. The van der Waals surface area contributed by atoms with Gasteiger partial charge in [0.1, 0.15) is 0 Å². The highest BCUT2D eigenvalue weighted by Crippen LogP contribution is 2.24. The van der Waals surface area contributed by atoms with Crippen molar-refractivity contribution in [2.45, 2.75) is 25.8 Å². The van der Waals surface area contributed by atoms with E-state index in [1.165, 1.54) is 0 Å². The molecule has 0 radical (unpaired) electrons. The Bertz CT molecular complexity index is 598. The van der Waals surface area contributed by atoms with Crippen LogP contribution in [0.15, 0.2) is 42.5 Å². The molecule has 0 saturated heterocycles. The minimum atomic E-state index is 0.286. The van der Waals surface area contributed by atoms with Gasteiger partial charge in [-0.2, -0.15) is 0 Å². The number of halogens is 3. The molecule has 2 rings (SSSR count). The molecule has 0 amide bonds. The maximum absolute atomic E-state index is 6.27. The molecule has 1 nitrogen and oxygen atoms in total. The van der Waals surface area contributed by atoms with Crippen molar-refractivity contribution in [3.05, 3.63) is 68.7 Å². The van der Waals surface area contributed by atoms with Crippen LogP contribution in [0, 0.1) is 0 Å². The van der Waals surface area contributed by atoms with E-state index in [4.69, 9.17) is 34.8 Å². The molecule has 1 unspecified atom stereocenters. The third-order valence-corrected chi connectivity index (χ3v) is 4.35. The Kier molecular flexibility index (Phi) is 6.38. The van der Waals surface area contributed by atoms with Crippen LogP contribution in [0.1, 0.15) is 18.1 Å². The average Bonchev–Trinajstić information content (AvgIpc) is 2.44. The van der Waals surface area contributed by atoms with Gasteiger partial charge >= 0.3 is 0 Å². The second-order valence-corrected chi connectivity index (χ2v) is 6.24. The topological polar surface area (TPSA) is 12.0 Å². The molecule has 0 aliphatic carbocycles. The lowest BCUT2D eigenvalue weighted by Crippen LogP contribution is -2.33. The van der Waals surface area contributed by atoms with Crippen LogP contribution in [0.3, 0.4) is 0 Å². The molecule has 0 aliphatic rings. The van der Waals surface area contributed by atoms with Gasteiger partial charge in [0.25, 0.3) is 0 Å². The van der Waals surface area contributed by atoms with E-state index in [1.807, 2.05) is 30.3 Å². The van der Waals surface area contributed by atoms with Crippen molar-refractivity contribution in [3.8, 4) is 0 Å². The number of hydrogen-bond acceptors (Lipinski definition) is 1. The van der Waals surface area contributed by atoms with Crippen molar-refractivity contribution >= 4 is 34.8 Å². The second kappa shape index (κ2) is 8.05. The lowest BCUT2D eigenvalue weighted by Gasteiger charge is -2.19. The largest absolute Gasteiger partial charge is 0.314 e. The first-order valence-electron chi connectivity index (χ1n) is 7.01. The van der Waals surface area contributed by atoms with E-state index in [9.17, 15) is 0 Å². The van der Waals surface area contributed by atoms with Crippen LogP contribution >= 0.6 is 34.8 Å². The van der Waals surface area contributed by atoms with E-state index >= 15 is 0 Å². The monoisotopic (exact) mass is 341 g/mol. The molecule has 21 heavy (non-hydrogen) atoms. The molecule has 0 aromatic heterocycles. The first kappa shape index (κ1) is 16.6. The Labute approximate surface area is 141 Å². The molecular formula is C17H18Cl3N. The third kappa shape index (κ3) is 4.89. The smallest absolute Gasteiger partial charge is 0.0453 e. The molecule has 2 aromatic carbocycles. The van der Waals surface area contributed by atoms with E-state index in [1.54, 1.807) is 6.07 Å². The highest BCUT2D eigenvalue weighted by Gasteiger charge is 2.13. The average molecular weight is 343 g/mol. The first-order valence-corrected chi connectivity index (χ1v) is 8.14. The van der Waals surface area contributed by atoms with Gasteiger partial charge in [0.2, 0.25) is 0 Å². The molecule has 0 fully saturated rings. The van der Waals surface area contributed by atoms with Gasteiger partial charge in [-0.3, -0.25) is 0 Å². The Balaban J connectivity index is 2.14. The van der Waals surface area contributed by atoms with Gasteiger partial charge in [-0.1, -0.05) is 66.0 Å². The van der Waals surface area contributed by atoms with Crippen LogP contribution in [0.4, 0.5) is 0 Å². The van der Waals surface area contributed by atoms with E-state index in [0.29, 0.717) is 10.0 Å². The maximum Gasteiger partial charge on any atom is 0.0453 e. The predicted molar refractivity (Wildman–Crippen MR) is 92.8 cm³/mol. The molecular weight excluding hydrogens is 325 g/mol. The van der Waals surface area contributed by atoms with Crippen molar-refractivity contribution in [2.24, 2.45) is 0 Å². The normalized spacial score (nSPS) is 12.4. The van der Waals surface area contributed by atoms with E-state index in [0.717, 1.165) is 35.5 Å². The molecule has 4 heteroatoms. The van der Waals surface area contributed by atoms with Crippen molar-refractivity contribution in [3.63, 3.8) is 0 Å². The Morgan fingerprint density at radius 3 is 2.19 bits per heavy atom. The summed E-state index contributed by atoms with van der Waals surface area (Å²) in [6, 6.07) is 13.9. The molecule has 0 aliphatic heterocycles. The number of likely N-dealkylation sites (N-methyl/N-ethyl adjacent to an activating group) is 1. The number of nitrogens with one attached hydrogen (secondary N) is 1. The SMILES string of the molecule is CCNC(Cc1ccccc1Cl)Cc1ccc(Cl)cc1Cl.